The number of carbonyl (C=O) groups is 8. The first-order valence-electron chi connectivity index (χ1n) is 15.6. The highest BCUT2D eigenvalue weighted by atomic mass is 16.4. The fourth-order valence-corrected chi connectivity index (χ4v) is 4.84. The van der Waals surface area contributed by atoms with Gasteiger partial charge in [-0.3, -0.25) is 38.4 Å². The predicted molar refractivity (Wildman–Crippen MR) is 169 cm³/mol. The third kappa shape index (κ3) is 12.4. The van der Waals surface area contributed by atoms with E-state index in [-0.39, 0.29) is 12.2 Å². The molecule has 0 unspecified atom stereocenters. The number of aliphatic hydroxyl groups excluding tert-OH is 1. The maximum Gasteiger partial charge on any atom is 0.305 e. The molecular formula is C31H44N6O12. The standard InChI is InChI=1S/C31H44N6O12/c1-14(2)24-30(48)32-18(9-10-22(40)41)26(44)33-19(11-16-5-7-17(39)8-6-16)27(45)35-21(13-38)29(47)37-25(15(3)4)31(49)34-20(12-23(42)43)28(46)36-24/h5-8,14-15,18-21,24-25,38-39H,9-13H2,1-4H3,(H,32,48)(H,33,44)(H,34,49)(H,35,45)(H,36,46)(H,37,47)(H,40,41)(H,42,43)/t18-,19-,20-,21-,24-,25-/m0/s1. The Morgan fingerprint density at radius 1 is 0.612 bits per heavy atom. The summed E-state index contributed by atoms with van der Waals surface area (Å²) in [5.74, 6) is -10.1. The van der Waals surface area contributed by atoms with E-state index in [0.717, 1.165) is 0 Å². The van der Waals surface area contributed by atoms with Crippen molar-refractivity contribution < 1.29 is 58.8 Å². The van der Waals surface area contributed by atoms with Gasteiger partial charge >= 0.3 is 11.9 Å². The van der Waals surface area contributed by atoms with Crippen LogP contribution in [0.4, 0.5) is 0 Å². The fourth-order valence-electron chi connectivity index (χ4n) is 4.84. The van der Waals surface area contributed by atoms with Crippen LogP contribution in [0.2, 0.25) is 0 Å². The van der Waals surface area contributed by atoms with E-state index in [1.165, 1.54) is 38.1 Å². The number of nitrogens with one attached hydrogen (secondary N) is 6. The van der Waals surface area contributed by atoms with Crippen molar-refractivity contribution in [2.45, 2.75) is 89.6 Å². The first-order valence-corrected chi connectivity index (χ1v) is 15.6. The molecule has 18 heteroatoms. The molecule has 18 nitrogen and oxygen atoms in total. The Bertz CT molecular complexity index is 1400. The van der Waals surface area contributed by atoms with E-state index in [0.29, 0.717) is 5.56 Å². The Morgan fingerprint density at radius 2 is 1.04 bits per heavy atom. The van der Waals surface area contributed by atoms with E-state index < -0.39 is 121 Å². The molecule has 1 saturated heterocycles. The van der Waals surface area contributed by atoms with Crippen LogP contribution in [0.3, 0.4) is 0 Å². The van der Waals surface area contributed by atoms with E-state index in [2.05, 4.69) is 31.9 Å². The van der Waals surface area contributed by atoms with E-state index in [1.54, 1.807) is 13.8 Å². The molecule has 1 aliphatic rings. The van der Waals surface area contributed by atoms with Gasteiger partial charge in [-0.25, -0.2) is 0 Å². The summed E-state index contributed by atoms with van der Waals surface area (Å²) < 4.78 is 0. The van der Waals surface area contributed by atoms with Crippen molar-refractivity contribution in [3.8, 4) is 5.75 Å². The van der Waals surface area contributed by atoms with Crippen LogP contribution in [-0.4, -0.2) is 111 Å². The quantitative estimate of drug-likeness (QED) is 0.122. The molecule has 270 valence electrons. The fraction of sp³-hybridized carbons (Fsp3) is 0.548. The van der Waals surface area contributed by atoms with Crippen molar-refractivity contribution in [3.05, 3.63) is 29.8 Å². The zero-order valence-electron chi connectivity index (χ0n) is 27.5. The number of phenolic OH excluding ortho intramolecular Hbond substituents is 1. The average molecular weight is 693 g/mol. The second-order valence-corrected chi connectivity index (χ2v) is 12.3. The Morgan fingerprint density at radius 3 is 1.51 bits per heavy atom. The number of aliphatic hydroxyl groups is 1. The minimum atomic E-state index is -1.73. The van der Waals surface area contributed by atoms with Crippen LogP contribution in [-0.2, 0) is 44.8 Å². The Balaban J connectivity index is 2.64. The molecule has 0 saturated carbocycles. The molecule has 6 amide bonds. The maximum absolute atomic E-state index is 13.6. The van der Waals surface area contributed by atoms with Gasteiger partial charge in [0, 0.05) is 12.8 Å². The molecule has 1 aliphatic heterocycles. The Kier molecular flexibility index (Phi) is 14.9. The van der Waals surface area contributed by atoms with Gasteiger partial charge in [-0.1, -0.05) is 39.8 Å². The number of aliphatic carboxylic acids is 2. The molecule has 0 bridgehead atoms. The van der Waals surface area contributed by atoms with Gasteiger partial charge in [-0.05, 0) is 36.0 Å². The van der Waals surface area contributed by atoms with Gasteiger partial charge in [0.25, 0.3) is 0 Å². The van der Waals surface area contributed by atoms with Gasteiger partial charge in [0.15, 0.2) is 0 Å². The molecule has 1 aromatic rings. The number of carbonyl (C=O) groups excluding carboxylic acids is 6. The number of hydrogen-bond acceptors (Lipinski definition) is 10. The van der Waals surface area contributed by atoms with Crippen molar-refractivity contribution in [2.24, 2.45) is 11.8 Å². The third-order valence-corrected chi connectivity index (χ3v) is 7.61. The number of aromatic hydroxyl groups is 1. The smallest absolute Gasteiger partial charge is 0.305 e. The zero-order chi connectivity index (χ0) is 37.0. The lowest BCUT2D eigenvalue weighted by atomic mass is 9.99. The first kappa shape index (κ1) is 39.9. The first-order chi connectivity index (χ1) is 22.9. The van der Waals surface area contributed by atoms with Crippen LogP contribution in [0.1, 0.15) is 52.5 Å². The van der Waals surface area contributed by atoms with Gasteiger partial charge < -0.3 is 52.3 Å². The van der Waals surface area contributed by atoms with Crippen LogP contribution < -0.4 is 31.9 Å². The van der Waals surface area contributed by atoms with Crippen molar-refractivity contribution in [2.75, 3.05) is 6.61 Å². The molecule has 0 aliphatic carbocycles. The molecule has 6 atom stereocenters. The van der Waals surface area contributed by atoms with Crippen molar-refractivity contribution in [1.29, 1.82) is 0 Å². The number of benzene rings is 1. The molecule has 0 spiro atoms. The van der Waals surface area contributed by atoms with Crippen LogP contribution in [0, 0.1) is 11.8 Å². The maximum atomic E-state index is 13.6. The average Bonchev–Trinajstić information content (AvgIpc) is 3.01. The van der Waals surface area contributed by atoms with Crippen molar-refractivity contribution >= 4 is 47.4 Å². The molecule has 49 heavy (non-hydrogen) atoms. The lowest BCUT2D eigenvalue weighted by Gasteiger charge is -2.30. The van der Waals surface area contributed by atoms with Crippen molar-refractivity contribution in [1.82, 2.24) is 31.9 Å². The van der Waals surface area contributed by atoms with Gasteiger partial charge in [-0.2, -0.15) is 0 Å². The SMILES string of the molecule is CC(C)[C@@H]1NC(=O)[C@H](CC(=O)O)NC(=O)[C@H](C(C)C)NC(=O)[C@H](CO)NC(=O)[C@H](Cc2ccc(O)cc2)NC(=O)[C@H](CCC(=O)O)NC1=O. The summed E-state index contributed by atoms with van der Waals surface area (Å²) in [6.07, 6.45) is -2.17. The highest BCUT2D eigenvalue weighted by Crippen LogP contribution is 2.13. The summed E-state index contributed by atoms with van der Waals surface area (Å²) in [7, 11) is 0. The highest BCUT2D eigenvalue weighted by Gasteiger charge is 2.37. The summed E-state index contributed by atoms with van der Waals surface area (Å²) in [5, 5.41) is 52.6. The molecular weight excluding hydrogens is 648 g/mol. The second-order valence-electron chi connectivity index (χ2n) is 12.3. The van der Waals surface area contributed by atoms with Gasteiger partial charge in [0.05, 0.1) is 13.0 Å². The number of carboxylic acid groups (broad SMARTS) is 2. The van der Waals surface area contributed by atoms with E-state index in [9.17, 15) is 58.8 Å². The minimum Gasteiger partial charge on any atom is -0.508 e. The van der Waals surface area contributed by atoms with E-state index in [4.69, 9.17) is 0 Å². The molecule has 1 aromatic carbocycles. The number of hydrogen-bond donors (Lipinski definition) is 10. The minimum absolute atomic E-state index is 0.0831. The molecule has 1 fully saturated rings. The predicted octanol–water partition coefficient (Wildman–Crippen LogP) is -2.50. The number of rotatable bonds is 10. The molecule has 1 heterocycles. The van der Waals surface area contributed by atoms with Crippen LogP contribution >= 0.6 is 0 Å². The largest absolute Gasteiger partial charge is 0.508 e. The molecule has 0 aromatic heterocycles. The summed E-state index contributed by atoms with van der Waals surface area (Å²) in [4.78, 5) is 104. The number of carboxylic acids is 2. The lowest BCUT2D eigenvalue weighted by Crippen LogP contribution is -2.63. The normalized spacial score (nSPS) is 24.8. The zero-order valence-corrected chi connectivity index (χ0v) is 27.5. The Labute approximate surface area is 281 Å². The van der Waals surface area contributed by atoms with Crippen molar-refractivity contribution in [3.63, 3.8) is 0 Å². The second kappa shape index (κ2) is 18.3. The third-order valence-electron chi connectivity index (χ3n) is 7.61. The van der Waals surface area contributed by atoms with Gasteiger partial charge in [-0.15, -0.1) is 0 Å². The number of amides is 6. The Hall–Kier alpha value is -5.26. The molecule has 10 N–H and O–H groups in total. The topological polar surface area (TPSA) is 290 Å². The van der Waals surface area contributed by atoms with E-state index >= 15 is 0 Å². The van der Waals surface area contributed by atoms with Crippen LogP contribution in [0.5, 0.6) is 5.75 Å². The van der Waals surface area contributed by atoms with Gasteiger partial charge in [0.2, 0.25) is 35.4 Å². The number of phenols is 1. The summed E-state index contributed by atoms with van der Waals surface area (Å²) in [6.45, 7) is 5.19. The van der Waals surface area contributed by atoms with Crippen LogP contribution in [0.25, 0.3) is 0 Å². The van der Waals surface area contributed by atoms with Gasteiger partial charge in [0.1, 0.15) is 42.0 Å². The monoisotopic (exact) mass is 692 g/mol. The lowest BCUT2D eigenvalue weighted by molar-refractivity contribution is -0.142. The van der Waals surface area contributed by atoms with E-state index in [1.807, 2.05) is 0 Å². The molecule has 0 radical (unpaired) electrons. The summed E-state index contributed by atoms with van der Waals surface area (Å²) in [5.41, 5.74) is 0.437. The molecule has 2 rings (SSSR count). The highest BCUT2D eigenvalue weighted by molar-refractivity contribution is 5.99. The van der Waals surface area contributed by atoms with Crippen LogP contribution in [0.15, 0.2) is 24.3 Å². The summed E-state index contributed by atoms with van der Waals surface area (Å²) in [6, 6.07) is -3.63. The summed E-state index contributed by atoms with van der Waals surface area (Å²) >= 11 is 0.